The van der Waals surface area contributed by atoms with E-state index in [0.717, 1.165) is 51.5 Å². The molecule has 4 N–H and O–H groups in total. The van der Waals surface area contributed by atoms with Gasteiger partial charge in [0.1, 0.15) is 10.6 Å². The van der Waals surface area contributed by atoms with Crippen LogP contribution in [-0.2, 0) is 26.3 Å². The molecule has 4 rings (SSSR count). The van der Waals surface area contributed by atoms with Gasteiger partial charge in [-0.2, -0.15) is 26.3 Å². The third-order valence-electron chi connectivity index (χ3n) is 5.77. The highest BCUT2D eigenvalue weighted by Crippen LogP contribution is 2.39. The van der Waals surface area contributed by atoms with E-state index in [9.17, 15) is 39.7 Å². The summed E-state index contributed by atoms with van der Waals surface area (Å²) < 4.78 is 100. The number of nitrogens with two attached hydrogens (primary N) is 1. The zero-order valence-electron chi connectivity index (χ0n) is 21.2. The Labute approximate surface area is 242 Å². The van der Waals surface area contributed by atoms with Crippen molar-refractivity contribution in [1.82, 2.24) is 9.78 Å². The molecule has 0 saturated carbocycles. The molecule has 0 fully saturated rings. The lowest BCUT2D eigenvalue weighted by Crippen LogP contribution is -2.30. The number of hydrogen-bond acceptors (Lipinski definition) is 9. The van der Waals surface area contributed by atoms with Crippen LogP contribution in [0.15, 0.2) is 86.7 Å². The molecule has 0 saturated heterocycles. The van der Waals surface area contributed by atoms with Crippen LogP contribution in [-0.4, -0.2) is 42.8 Å². The van der Waals surface area contributed by atoms with Crippen LogP contribution in [0.25, 0.3) is 5.69 Å². The van der Waals surface area contributed by atoms with Crippen LogP contribution in [0, 0.1) is 0 Å². The van der Waals surface area contributed by atoms with Gasteiger partial charge < -0.3 is 10.8 Å². The SMILES string of the molecule is CCN(c1ccc(C(F)(F)F)cc1)S(=O)(=O)c1ccccc1/N=N/c1c(N)nn(-c2cc(S(=O)(=O)O)ccc2Cl)c1O. The first-order valence-electron chi connectivity index (χ1n) is 11.6. The highest BCUT2D eigenvalue weighted by atomic mass is 35.5. The Hall–Kier alpha value is -4.19. The summed E-state index contributed by atoms with van der Waals surface area (Å²) in [6, 6.07) is 12.0. The van der Waals surface area contributed by atoms with Crippen molar-refractivity contribution in [2.45, 2.75) is 22.9 Å². The molecular weight excluding hydrogens is 625 g/mol. The molecule has 4 aromatic rings. The van der Waals surface area contributed by atoms with Crippen molar-refractivity contribution in [2.24, 2.45) is 10.2 Å². The van der Waals surface area contributed by atoms with E-state index in [-0.39, 0.29) is 33.5 Å². The molecule has 0 bridgehead atoms. The zero-order chi connectivity index (χ0) is 31.0. The van der Waals surface area contributed by atoms with E-state index in [1.807, 2.05) is 0 Å². The minimum Gasteiger partial charge on any atom is -0.492 e. The van der Waals surface area contributed by atoms with Gasteiger partial charge in [0.05, 0.1) is 26.9 Å². The summed E-state index contributed by atoms with van der Waals surface area (Å²) in [6.45, 7) is 1.36. The van der Waals surface area contributed by atoms with Crippen molar-refractivity contribution in [3.8, 4) is 11.6 Å². The van der Waals surface area contributed by atoms with Gasteiger partial charge in [-0.05, 0) is 61.5 Å². The Morgan fingerprint density at radius 1 is 1.02 bits per heavy atom. The smallest absolute Gasteiger partial charge is 0.416 e. The third kappa shape index (κ3) is 6.03. The number of aromatic nitrogens is 2. The second-order valence-corrected chi connectivity index (χ2v) is 12.1. The Bertz CT molecular complexity index is 1900. The van der Waals surface area contributed by atoms with Crippen molar-refractivity contribution in [2.75, 3.05) is 16.6 Å². The van der Waals surface area contributed by atoms with Gasteiger partial charge in [0.15, 0.2) is 11.5 Å². The summed E-state index contributed by atoms with van der Waals surface area (Å²) in [6.07, 6.45) is -4.60. The van der Waals surface area contributed by atoms with Gasteiger partial charge in [-0.15, -0.1) is 15.3 Å². The largest absolute Gasteiger partial charge is 0.492 e. The minimum absolute atomic E-state index is 0.0237. The summed E-state index contributed by atoms with van der Waals surface area (Å²) in [5, 5.41) is 22.3. The normalized spacial score (nSPS) is 12.6. The summed E-state index contributed by atoms with van der Waals surface area (Å²) in [4.78, 5) is -0.906. The Kier molecular flexibility index (Phi) is 8.23. The van der Waals surface area contributed by atoms with Gasteiger partial charge in [-0.1, -0.05) is 23.7 Å². The maximum Gasteiger partial charge on any atom is 0.416 e. The molecule has 0 spiro atoms. The highest BCUT2D eigenvalue weighted by Gasteiger charge is 2.32. The first kappa shape index (κ1) is 30.8. The van der Waals surface area contributed by atoms with E-state index >= 15 is 0 Å². The van der Waals surface area contributed by atoms with Crippen molar-refractivity contribution >= 4 is 54.6 Å². The van der Waals surface area contributed by atoms with Crippen LogP contribution in [0.4, 0.5) is 36.1 Å². The molecule has 0 aliphatic carbocycles. The summed E-state index contributed by atoms with van der Waals surface area (Å²) >= 11 is 6.11. The van der Waals surface area contributed by atoms with Gasteiger partial charge in [0, 0.05) is 6.54 Å². The second-order valence-electron chi connectivity index (χ2n) is 8.44. The van der Waals surface area contributed by atoms with Crippen LogP contribution in [0.1, 0.15) is 12.5 Å². The van der Waals surface area contributed by atoms with Gasteiger partial charge >= 0.3 is 6.18 Å². The van der Waals surface area contributed by atoms with Gasteiger partial charge in [-0.3, -0.25) is 8.86 Å². The number of sulfonamides is 1. The lowest BCUT2D eigenvalue weighted by Gasteiger charge is -2.23. The number of aromatic hydroxyl groups is 1. The Morgan fingerprint density at radius 2 is 1.67 bits per heavy atom. The molecule has 18 heteroatoms. The molecule has 0 aliphatic heterocycles. The number of benzene rings is 3. The van der Waals surface area contributed by atoms with Crippen LogP contribution in [0.3, 0.4) is 0 Å². The predicted molar refractivity (Wildman–Crippen MR) is 147 cm³/mol. The molecule has 1 aromatic heterocycles. The Balaban J connectivity index is 1.73. The molecule has 0 amide bonds. The fourth-order valence-corrected chi connectivity index (χ4v) is 6.08. The number of rotatable bonds is 8. The van der Waals surface area contributed by atoms with Gasteiger partial charge in [0.2, 0.25) is 5.88 Å². The topological polar surface area (TPSA) is 181 Å². The van der Waals surface area contributed by atoms with Crippen LogP contribution < -0.4 is 10.0 Å². The van der Waals surface area contributed by atoms with Crippen LogP contribution in [0.5, 0.6) is 5.88 Å². The van der Waals surface area contributed by atoms with E-state index in [0.29, 0.717) is 0 Å². The number of nitrogen functional groups attached to an aromatic ring is 1. The minimum atomic E-state index is -4.63. The van der Waals surface area contributed by atoms with Crippen molar-refractivity contribution in [1.29, 1.82) is 0 Å². The first-order chi connectivity index (χ1) is 19.6. The lowest BCUT2D eigenvalue weighted by molar-refractivity contribution is -0.137. The summed E-state index contributed by atoms with van der Waals surface area (Å²) in [5.74, 6) is -1.14. The Morgan fingerprint density at radius 3 is 2.26 bits per heavy atom. The average Bonchev–Trinajstić information content (AvgIpc) is 3.19. The van der Waals surface area contributed by atoms with E-state index < -0.39 is 54.2 Å². The first-order valence-corrected chi connectivity index (χ1v) is 14.9. The summed E-state index contributed by atoms with van der Waals surface area (Å²) in [7, 11) is -9.02. The number of anilines is 2. The average molecular weight is 645 g/mol. The highest BCUT2D eigenvalue weighted by molar-refractivity contribution is 7.93. The van der Waals surface area contributed by atoms with Crippen LogP contribution in [0.2, 0.25) is 5.02 Å². The predicted octanol–water partition coefficient (Wildman–Crippen LogP) is 5.71. The third-order valence-corrected chi connectivity index (χ3v) is 8.89. The number of nitrogens with zero attached hydrogens (tertiary/aromatic N) is 5. The van der Waals surface area contributed by atoms with Gasteiger partial charge in [0.25, 0.3) is 20.1 Å². The molecular formula is C24H20ClF3N6O6S2. The van der Waals surface area contributed by atoms with Crippen molar-refractivity contribution in [3.05, 3.63) is 77.3 Å². The van der Waals surface area contributed by atoms with E-state index in [4.69, 9.17) is 17.3 Å². The number of azo groups is 1. The number of halogens is 4. The quantitative estimate of drug-likeness (QED) is 0.161. The van der Waals surface area contributed by atoms with E-state index in [1.165, 1.54) is 31.2 Å². The molecule has 1 heterocycles. The molecule has 3 aromatic carbocycles. The fraction of sp³-hybridized carbons (Fsp3) is 0.125. The number of alkyl halides is 3. The monoisotopic (exact) mass is 644 g/mol. The molecule has 222 valence electrons. The zero-order valence-corrected chi connectivity index (χ0v) is 23.6. The standard InChI is InChI=1S/C24H20ClF3N6O6S2/c1-2-33(15-9-7-14(8-10-15)24(26,27)28)41(36,37)20-6-4-3-5-18(20)30-31-21-22(29)32-34(23(21)35)19-13-16(42(38,39)40)11-12-17(19)25/h3-13,35H,2H2,1H3,(H2,29,32)(H,38,39,40)/b31-30+. The second kappa shape index (κ2) is 11.2. The van der Waals surface area contributed by atoms with E-state index in [1.54, 1.807) is 0 Å². The molecule has 0 radical (unpaired) electrons. The fourth-order valence-electron chi connectivity index (χ4n) is 3.78. The van der Waals surface area contributed by atoms with Crippen molar-refractivity contribution in [3.63, 3.8) is 0 Å². The summed E-state index contributed by atoms with van der Waals surface area (Å²) in [5.41, 5.74) is 4.08. The maximum atomic E-state index is 13.6. The van der Waals surface area contributed by atoms with Gasteiger partial charge in [-0.25, -0.2) is 8.42 Å². The molecule has 12 nitrogen and oxygen atoms in total. The maximum absolute atomic E-state index is 13.6. The van der Waals surface area contributed by atoms with Crippen LogP contribution >= 0.6 is 11.6 Å². The number of hydrogen-bond donors (Lipinski definition) is 3. The molecule has 0 atom stereocenters. The lowest BCUT2D eigenvalue weighted by atomic mass is 10.2. The molecule has 42 heavy (non-hydrogen) atoms. The van der Waals surface area contributed by atoms with Crippen molar-refractivity contribution < 1.29 is 39.7 Å². The molecule has 0 unspecified atom stereocenters. The molecule has 0 aliphatic rings. The van der Waals surface area contributed by atoms with E-state index in [2.05, 4.69) is 15.3 Å².